The van der Waals surface area contributed by atoms with Crippen molar-refractivity contribution < 1.29 is 4.79 Å². The number of carbonyl (C=O) groups excluding carboxylic acids is 1. The van der Waals surface area contributed by atoms with E-state index in [0.29, 0.717) is 41.9 Å². The Morgan fingerprint density at radius 1 is 1.09 bits per heavy atom. The van der Waals surface area contributed by atoms with Gasteiger partial charge in [-0.1, -0.05) is 25.5 Å². The molecule has 0 bridgehead atoms. The molecule has 180 valence electrons. The van der Waals surface area contributed by atoms with Gasteiger partial charge >= 0.3 is 0 Å². The molecule has 0 spiro atoms. The van der Waals surface area contributed by atoms with Gasteiger partial charge in [0, 0.05) is 31.4 Å². The molecule has 2 aromatic heterocycles. The van der Waals surface area contributed by atoms with Gasteiger partial charge in [0.1, 0.15) is 11.2 Å². The summed E-state index contributed by atoms with van der Waals surface area (Å²) in [6.45, 7) is 6.96. The molecule has 0 radical (unpaired) electrons. The lowest BCUT2D eigenvalue weighted by Crippen LogP contribution is -2.33. The molecule has 4 N–H and O–H groups in total. The number of nitrogens with zero attached hydrogens (tertiary/aromatic N) is 4. The van der Waals surface area contributed by atoms with Crippen molar-refractivity contribution in [2.24, 2.45) is 0 Å². The predicted octanol–water partition coefficient (Wildman–Crippen LogP) is 2.46. The van der Waals surface area contributed by atoms with Crippen LogP contribution >= 0.6 is 0 Å². The number of carbonyl (C=O) groups is 1. The molecule has 1 aliphatic rings. The van der Waals surface area contributed by atoms with Crippen LogP contribution in [0.4, 0.5) is 11.8 Å². The molecule has 3 heterocycles. The summed E-state index contributed by atoms with van der Waals surface area (Å²) >= 11 is 0. The number of benzene rings is 1. The Hall–Kier alpha value is -3.46. The SMILES string of the molecule is CCCCNc1nc(N)nc2ccn(Cc3ccc(C(=O)NCCN4CCCC4)cc3)c(=O)c12. The fourth-order valence-corrected chi connectivity index (χ4v) is 4.23. The number of nitrogens with two attached hydrogens (primary N) is 1. The van der Waals surface area contributed by atoms with Gasteiger partial charge in [0.25, 0.3) is 11.5 Å². The first-order valence-corrected chi connectivity index (χ1v) is 12.0. The molecule has 0 aliphatic carbocycles. The minimum Gasteiger partial charge on any atom is -0.369 e. The van der Waals surface area contributed by atoms with Crippen LogP contribution in [0.1, 0.15) is 48.5 Å². The molecular formula is C25H33N7O2. The third-order valence-corrected chi connectivity index (χ3v) is 6.15. The van der Waals surface area contributed by atoms with Crippen molar-refractivity contribution in [3.05, 3.63) is 58.0 Å². The van der Waals surface area contributed by atoms with Crippen LogP contribution in [0.2, 0.25) is 0 Å². The maximum Gasteiger partial charge on any atom is 0.264 e. The smallest absolute Gasteiger partial charge is 0.264 e. The van der Waals surface area contributed by atoms with Crippen LogP contribution in [0, 0.1) is 0 Å². The standard InChI is InChI=1S/C25H33N7O2/c1-2-3-11-27-22-21-20(29-25(26)30-22)10-15-32(24(21)34)17-18-6-8-19(9-7-18)23(33)28-12-16-31-13-4-5-14-31/h6-10,15H,2-5,11-14,16-17H2,1H3,(H,28,33)(H3,26,27,29,30). The minimum atomic E-state index is -0.180. The van der Waals surface area contributed by atoms with E-state index < -0.39 is 0 Å². The Morgan fingerprint density at radius 2 is 1.85 bits per heavy atom. The Morgan fingerprint density at radius 3 is 2.59 bits per heavy atom. The summed E-state index contributed by atoms with van der Waals surface area (Å²) in [7, 11) is 0. The first-order valence-electron chi connectivity index (χ1n) is 12.0. The average Bonchev–Trinajstić information content (AvgIpc) is 3.35. The highest BCUT2D eigenvalue weighted by molar-refractivity contribution is 5.94. The van der Waals surface area contributed by atoms with Crippen LogP contribution < -0.4 is 21.9 Å². The summed E-state index contributed by atoms with van der Waals surface area (Å²) < 4.78 is 1.62. The average molecular weight is 464 g/mol. The maximum absolute atomic E-state index is 13.2. The van der Waals surface area contributed by atoms with Gasteiger partial charge in [0.2, 0.25) is 5.95 Å². The number of unbranched alkanes of at least 4 members (excludes halogenated alkanes) is 1. The van der Waals surface area contributed by atoms with Gasteiger partial charge in [-0.3, -0.25) is 9.59 Å². The Labute approximate surface area is 199 Å². The summed E-state index contributed by atoms with van der Waals surface area (Å²) in [4.78, 5) is 36.5. The molecule has 1 aliphatic heterocycles. The van der Waals surface area contributed by atoms with Crippen LogP contribution in [-0.2, 0) is 6.54 Å². The van der Waals surface area contributed by atoms with Gasteiger partial charge in [0.05, 0.1) is 12.1 Å². The second-order valence-electron chi connectivity index (χ2n) is 8.72. The van der Waals surface area contributed by atoms with Crippen molar-refractivity contribution in [2.75, 3.05) is 43.8 Å². The molecule has 0 unspecified atom stereocenters. The van der Waals surface area contributed by atoms with Crippen LogP contribution in [0.3, 0.4) is 0 Å². The molecule has 9 nitrogen and oxygen atoms in total. The number of anilines is 2. The van der Waals surface area contributed by atoms with Crippen LogP contribution in [0.25, 0.3) is 10.9 Å². The molecule has 34 heavy (non-hydrogen) atoms. The Kier molecular flexibility index (Phi) is 7.74. The number of hydrogen-bond donors (Lipinski definition) is 3. The lowest BCUT2D eigenvalue weighted by Gasteiger charge is -2.14. The van der Waals surface area contributed by atoms with E-state index in [2.05, 4.69) is 32.4 Å². The highest BCUT2D eigenvalue weighted by atomic mass is 16.1. The molecule has 1 saturated heterocycles. The third-order valence-electron chi connectivity index (χ3n) is 6.15. The Bertz CT molecular complexity index is 1180. The van der Waals surface area contributed by atoms with E-state index in [4.69, 9.17) is 5.73 Å². The first-order chi connectivity index (χ1) is 16.5. The number of likely N-dealkylation sites (tertiary alicyclic amines) is 1. The van der Waals surface area contributed by atoms with E-state index in [1.54, 1.807) is 29.0 Å². The molecule has 1 fully saturated rings. The van der Waals surface area contributed by atoms with E-state index in [9.17, 15) is 9.59 Å². The Balaban J connectivity index is 1.45. The van der Waals surface area contributed by atoms with Crippen molar-refractivity contribution >= 4 is 28.6 Å². The van der Waals surface area contributed by atoms with Crippen molar-refractivity contribution in [2.45, 2.75) is 39.2 Å². The van der Waals surface area contributed by atoms with Gasteiger partial charge in [-0.05, 0) is 56.1 Å². The molecule has 3 aromatic rings. The van der Waals surface area contributed by atoms with Gasteiger partial charge < -0.3 is 25.8 Å². The molecule has 0 atom stereocenters. The van der Waals surface area contributed by atoms with Crippen molar-refractivity contribution in [3.8, 4) is 0 Å². The van der Waals surface area contributed by atoms with Gasteiger partial charge in [-0.25, -0.2) is 4.98 Å². The fraction of sp³-hybridized carbons (Fsp3) is 0.440. The number of aromatic nitrogens is 3. The number of nitrogen functional groups attached to an aromatic ring is 1. The zero-order chi connectivity index (χ0) is 23.9. The normalized spacial score (nSPS) is 13.9. The third kappa shape index (κ3) is 5.72. The summed E-state index contributed by atoms with van der Waals surface area (Å²) in [6.07, 6.45) is 6.19. The van der Waals surface area contributed by atoms with Crippen molar-refractivity contribution in [3.63, 3.8) is 0 Å². The minimum absolute atomic E-state index is 0.0776. The van der Waals surface area contributed by atoms with Gasteiger partial charge in [-0.15, -0.1) is 0 Å². The first kappa shape index (κ1) is 23.7. The maximum atomic E-state index is 13.2. The number of nitrogens with one attached hydrogen (secondary N) is 2. The van der Waals surface area contributed by atoms with Crippen molar-refractivity contribution in [1.82, 2.24) is 24.8 Å². The lowest BCUT2D eigenvalue weighted by atomic mass is 10.1. The summed E-state index contributed by atoms with van der Waals surface area (Å²) in [6, 6.07) is 9.14. The molecule has 0 saturated carbocycles. The second-order valence-corrected chi connectivity index (χ2v) is 8.72. The molecular weight excluding hydrogens is 430 g/mol. The summed E-state index contributed by atoms with van der Waals surface area (Å²) in [5.74, 6) is 0.528. The lowest BCUT2D eigenvalue weighted by molar-refractivity contribution is 0.0949. The summed E-state index contributed by atoms with van der Waals surface area (Å²) in [5.41, 5.74) is 7.71. The number of fused-ring (bicyclic) bond motifs is 1. The van der Waals surface area contributed by atoms with E-state index in [1.165, 1.54) is 12.8 Å². The zero-order valence-electron chi connectivity index (χ0n) is 19.7. The van der Waals surface area contributed by atoms with E-state index >= 15 is 0 Å². The number of rotatable bonds is 10. The number of amides is 1. The predicted molar refractivity (Wildman–Crippen MR) is 135 cm³/mol. The highest BCUT2D eigenvalue weighted by Crippen LogP contribution is 2.18. The molecule has 1 amide bonds. The van der Waals surface area contributed by atoms with E-state index in [-0.39, 0.29) is 17.4 Å². The number of pyridine rings is 1. The largest absolute Gasteiger partial charge is 0.369 e. The fourth-order valence-electron chi connectivity index (χ4n) is 4.23. The second kappa shape index (κ2) is 11.1. The number of hydrogen-bond acceptors (Lipinski definition) is 7. The van der Waals surface area contributed by atoms with Gasteiger partial charge in [0.15, 0.2) is 0 Å². The van der Waals surface area contributed by atoms with E-state index in [1.807, 2.05) is 12.1 Å². The highest BCUT2D eigenvalue weighted by Gasteiger charge is 2.14. The van der Waals surface area contributed by atoms with Gasteiger partial charge in [-0.2, -0.15) is 4.98 Å². The zero-order valence-corrected chi connectivity index (χ0v) is 19.7. The summed E-state index contributed by atoms with van der Waals surface area (Å²) in [5, 5.41) is 6.65. The quantitative estimate of drug-likeness (QED) is 0.395. The van der Waals surface area contributed by atoms with Crippen molar-refractivity contribution in [1.29, 1.82) is 0 Å². The van der Waals surface area contributed by atoms with Crippen LogP contribution in [-0.4, -0.2) is 58.1 Å². The van der Waals surface area contributed by atoms with Crippen LogP contribution in [0.5, 0.6) is 0 Å². The monoisotopic (exact) mass is 463 g/mol. The van der Waals surface area contributed by atoms with E-state index in [0.717, 1.165) is 38.0 Å². The molecule has 1 aromatic carbocycles. The van der Waals surface area contributed by atoms with Crippen LogP contribution in [0.15, 0.2) is 41.3 Å². The molecule has 4 rings (SSSR count). The molecule has 9 heteroatoms. The topological polar surface area (TPSA) is 118 Å².